The van der Waals surface area contributed by atoms with Crippen LogP contribution in [0.1, 0.15) is 22.7 Å². The monoisotopic (exact) mass is 399 g/mol. The number of rotatable bonds is 5. The van der Waals surface area contributed by atoms with Gasteiger partial charge in [-0.25, -0.2) is 14.4 Å². The van der Waals surface area contributed by atoms with E-state index in [9.17, 15) is 9.18 Å². The van der Waals surface area contributed by atoms with Crippen LogP contribution in [-0.2, 0) is 13.0 Å². The summed E-state index contributed by atoms with van der Waals surface area (Å²) in [7, 11) is 1.82. The first-order valence-corrected chi connectivity index (χ1v) is 10.4. The molecule has 6 nitrogen and oxygen atoms in total. The molecule has 3 aromatic rings. The van der Waals surface area contributed by atoms with E-state index >= 15 is 0 Å². The third-order valence-corrected chi connectivity index (χ3v) is 5.80. The van der Waals surface area contributed by atoms with Gasteiger partial charge in [-0.2, -0.15) is 0 Å². The van der Waals surface area contributed by atoms with Crippen LogP contribution >= 0.6 is 11.8 Å². The zero-order valence-electron chi connectivity index (χ0n) is 15.9. The Balaban J connectivity index is 1.54. The lowest BCUT2D eigenvalue weighted by atomic mass is 9.97. The van der Waals surface area contributed by atoms with Gasteiger partial charge >= 0.3 is 0 Å². The summed E-state index contributed by atoms with van der Waals surface area (Å²) in [5, 5.41) is 0.697. The van der Waals surface area contributed by atoms with Crippen LogP contribution in [0.25, 0.3) is 5.69 Å². The van der Waals surface area contributed by atoms with Crippen LogP contribution < -0.4 is 0 Å². The first-order valence-electron chi connectivity index (χ1n) is 9.20. The second-order valence-corrected chi connectivity index (χ2v) is 7.80. The molecule has 0 saturated carbocycles. The Bertz CT molecular complexity index is 981. The molecule has 0 N–H and O–H groups in total. The molecule has 3 heterocycles. The largest absolute Gasteiger partial charge is 0.340 e. The molecule has 0 saturated heterocycles. The summed E-state index contributed by atoms with van der Waals surface area (Å²) in [6.45, 7) is 1.60. The molecule has 0 aliphatic carbocycles. The van der Waals surface area contributed by atoms with E-state index in [1.807, 2.05) is 25.7 Å². The van der Waals surface area contributed by atoms with Crippen molar-refractivity contribution in [2.24, 2.45) is 5.92 Å². The summed E-state index contributed by atoms with van der Waals surface area (Å²) < 4.78 is 17.3. The standard InChI is InChI=1S/C20H22FN5OS/c1-24(13-14-7-9-25-10-8-22-18(25)11-14)19(27)17-12-23-20(28-2)26(17)16-5-3-15(21)4-6-16/h3-6,8,10,12,14H,7,9,11,13H2,1-2H3/t14-/m1/s1. The average molecular weight is 399 g/mol. The fraction of sp³-hybridized carbons (Fsp3) is 0.350. The van der Waals surface area contributed by atoms with E-state index in [0.29, 0.717) is 23.3 Å². The Morgan fingerprint density at radius 3 is 2.86 bits per heavy atom. The van der Waals surface area contributed by atoms with Gasteiger partial charge in [0.15, 0.2) is 5.16 Å². The van der Waals surface area contributed by atoms with Gasteiger partial charge in [0.2, 0.25) is 0 Å². The predicted octanol–water partition coefficient (Wildman–Crippen LogP) is 3.26. The number of thioether (sulfide) groups is 1. The number of benzene rings is 1. The highest BCUT2D eigenvalue weighted by Gasteiger charge is 2.25. The van der Waals surface area contributed by atoms with Gasteiger partial charge < -0.3 is 9.47 Å². The van der Waals surface area contributed by atoms with Crippen LogP contribution in [0.2, 0.25) is 0 Å². The molecular weight excluding hydrogens is 377 g/mol. The maximum absolute atomic E-state index is 13.3. The topological polar surface area (TPSA) is 56.0 Å². The summed E-state index contributed by atoms with van der Waals surface area (Å²) in [5.41, 5.74) is 1.20. The Morgan fingerprint density at radius 2 is 2.11 bits per heavy atom. The number of halogens is 1. The van der Waals surface area contributed by atoms with Crippen molar-refractivity contribution in [2.45, 2.75) is 24.5 Å². The van der Waals surface area contributed by atoms with Gasteiger partial charge in [-0.3, -0.25) is 9.36 Å². The lowest BCUT2D eigenvalue weighted by Gasteiger charge is -2.28. The summed E-state index contributed by atoms with van der Waals surface area (Å²) in [4.78, 5) is 23.7. The Kier molecular flexibility index (Phi) is 5.21. The molecule has 8 heteroatoms. The minimum Gasteiger partial charge on any atom is -0.340 e. The minimum absolute atomic E-state index is 0.0916. The molecule has 1 atom stereocenters. The van der Waals surface area contributed by atoms with E-state index in [4.69, 9.17) is 0 Å². The van der Waals surface area contributed by atoms with Crippen LogP contribution in [0.15, 0.2) is 48.0 Å². The number of imidazole rings is 2. The first-order chi connectivity index (χ1) is 13.6. The summed E-state index contributed by atoms with van der Waals surface area (Å²) >= 11 is 1.45. The van der Waals surface area contributed by atoms with Crippen LogP contribution in [0, 0.1) is 11.7 Å². The van der Waals surface area contributed by atoms with Crippen molar-refractivity contribution in [1.82, 2.24) is 24.0 Å². The van der Waals surface area contributed by atoms with Gasteiger partial charge in [-0.05, 0) is 42.9 Å². The molecule has 1 aliphatic rings. The highest BCUT2D eigenvalue weighted by atomic mass is 32.2. The highest BCUT2D eigenvalue weighted by molar-refractivity contribution is 7.98. The highest BCUT2D eigenvalue weighted by Crippen LogP contribution is 2.24. The number of carbonyl (C=O) groups is 1. The molecule has 146 valence electrons. The van der Waals surface area contributed by atoms with Crippen LogP contribution in [0.4, 0.5) is 4.39 Å². The van der Waals surface area contributed by atoms with Crippen molar-refractivity contribution >= 4 is 17.7 Å². The van der Waals surface area contributed by atoms with Crippen molar-refractivity contribution in [3.63, 3.8) is 0 Å². The molecule has 28 heavy (non-hydrogen) atoms. The number of aryl methyl sites for hydroxylation is 1. The SMILES string of the molecule is CSc1ncc(C(=O)N(C)C[C@@H]2CCn3ccnc3C2)n1-c1ccc(F)cc1. The fourth-order valence-electron chi connectivity index (χ4n) is 3.71. The van der Waals surface area contributed by atoms with Gasteiger partial charge in [-0.1, -0.05) is 11.8 Å². The number of amides is 1. The molecule has 0 fully saturated rings. The Labute approximate surface area is 167 Å². The molecule has 0 radical (unpaired) electrons. The average Bonchev–Trinajstić information content (AvgIpc) is 3.34. The number of aromatic nitrogens is 4. The minimum atomic E-state index is -0.310. The second-order valence-electron chi connectivity index (χ2n) is 7.02. The van der Waals surface area contributed by atoms with Gasteiger partial charge in [0.25, 0.3) is 5.91 Å². The van der Waals surface area contributed by atoms with Crippen molar-refractivity contribution < 1.29 is 9.18 Å². The summed E-state index contributed by atoms with van der Waals surface area (Å²) in [6.07, 6.45) is 9.24. The Hall–Kier alpha value is -2.61. The molecule has 0 unspecified atom stereocenters. The number of hydrogen-bond donors (Lipinski definition) is 0. The first kappa shape index (κ1) is 18.7. The zero-order valence-corrected chi connectivity index (χ0v) is 16.7. The quantitative estimate of drug-likeness (QED) is 0.618. The van der Waals surface area contributed by atoms with E-state index in [-0.39, 0.29) is 11.7 Å². The fourth-order valence-corrected chi connectivity index (χ4v) is 4.25. The maximum Gasteiger partial charge on any atom is 0.272 e. The molecule has 0 spiro atoms. The normalized spacial score (nSPS) is 16.0. The molecule has 1 amide bonds. The zero-order chi connectivity index (χ0) is 19.7. The van der Waals surface area contributed by atoms with Crippen LogP contribution in [0.3, 0.4) is 0 Å². The number of nitrogens with zero attached hydrogens (tertiary/aromatic N) is 5. The Morgan fingerprint density at radius 1 is 1.32 bits per heavy atom. The molecule has 0 bridgehead atoms. The van der Waals surface area contributed by atoms with Crippen LogP contribution in [-0.4, -0.2) is 49.8 Å². The van der Waals surface area contributed by atoms with Crippen molar-refractivity contribution in [3.05, 3.63) is 60.2 Å². The van der Waals surface area contributed by atoms with Gasteiger partial charge in [0, 0.05) is 44.6 Å². The number of carbonyl (C=O) groups excluding carboxylic acids is 1. The summed E-state index contributed by atoms with van der Waals surface area (Å²) in [6, 6.07) is 6.10. The van der Waals surface area contributed by atoms with E-state index in [1.165, 1.54) is 23.9 Å². The summed E-state index contributed by atoms with van der Waals surface area (Å²) in [5.74, 6) is 1.06. The maximum atomic E-state index is 13.3. The van der Waals surface area contributed by atoms with E-state index in [1.54, 1.807) is 27.8 Å². The smallest absolute Gasteiger partial charge is 0.272 e. The predicted molar refractivity (Wildman–Crippen MR) is 106 cm³/mol. The number of fused-ring (bicyclic) bond motifs is 1. The molecule has 1 aliphatic heterocycles. The third-order valence-electron chi connectivity index (χ3n) is 5.15. The van der Waals surface area contributed by atoms with E-state index in [0.717, 1.165) is 30.9 Å². The lowest BCUT2D eigenvalue weighted by molar-refractivity contribution is 0.0755. The lowest BCUT2D eigenvalue weighted by Crippen LogP contribution is -2.35. The molecule has 1 aromatic carbocycles. The van der Waals surface area contributed by atoms with Gasteiger partial charge in [0.1, 0.15) is 17.3 Å². The van der Waals surface area contributed by atoms with Gasteiger partial charge in [0.05, 0.1) is 6.20 Å². The van der Waals surface area contributed by atoms with Crippen molar-refractivity contribution in [2.75, 3.05) is 19.8 Å². The van der Waals surface area contributed by atoms with Crippen LogP contribution in [0.5, 0.6) is 0 Å². The third kappa shape index (κ3) is 3.56. The molecule has 4 rings (SSSR count). The second kappa shape index (κ2) is 7.79. The van der Waals surface area contributed by atoms with E-state index in [2.05, 4.69) is 14.5 Å². The molecular formula is C20H22FN5OS. The van der Waals surface area contributed by atoms with Gasteiger partial charge in [-0.15, -0.1) is 0 Å². The molecule has 2 aromatic heterocycles. The van der Waals surface area contributed by atoms with Crippen molar-refractivity contribution in [3.8, 4) is 5.69 Å². The van der Waals surface area contributed by atoms with Crippen molar-refractivity contribution in [1.29, 1.82) is 0 Å². The number of hydrogen-bond acceptors (Lipinski definition) is 4. The van der Waals surface area contributed by atoms with E-state index < -0.39 is 0 Å².